The minimum absolute atomic E-state index is 0.0159. The van der Waals surface area contributed by atoms with Crippen LogP contribution in [-0.2, 0) is 6.54 Å². The molecule has 0 bridgehead atoms. The van der Waals surface area contributed by atoms with Gasteiger partial charge in [0.25, 0.3) is 5.91 Å². The van der Waals surface area contributed by atoms with Crippen molar-refractivity contribution >= 4 is 28.4 Å². The van der Waals surface area contributed by atoms with Crippen molar-refractivity contribution < 1.29 is 22.4 Å². The molecule has 1 amide bonds. The standard InChI is InChI=1S/C26H20ClF4N5O/c1-32-35-26(37)24-22(17-7-4-15(27)10-21(17)34-24)25-18(14-2-5-16(28)6-3-14)11-33-36(25)12-13-8-19(29)23(31)20(30)9-13/h2-8,10-11,13,32,34H,9,12H2,1H3,(H,35,37). The van der Waals surface area contributed by atoms with Crippen molar-refractivity contribution in [2.24, 2.45) is 5.92 Å². The topological polar surface area (TPSA) is 74.7 Å². The maximum absolute atomic E-state index is 14.0. The molecular formula is C26H20ClF4N5O. The number of halogens is 5. The second-order valence-corrected chi connectivity index (χ2v) is 9.00. The van der Waals surface area contributed by atoms with Crippen LogP contribution in [0.25, 0.3) is 33.3 Å². The van der Waals surface area contributed by atoms with Crippen molar-refractivity contribution in [3.63, 3.8) is 0 Å². The lowest BCUT2D eigenvalue weighted by Crippen LogP contribution is -2.34. The molecule has 0 saturated carbocycles. The molecule has 37 heavy (non-hydrogen) atoms. The molecule has 0 saturated heterocycles. The largest absolute Gasteiger partial charge is 0.350 e. The minimum atomic E-state index is -1.50. The van der Waals surface area contributed by atoms with Crippen LogP contribution in [0.2, 0.25) is 5.02 Å². The molecular weight excluding hydrogens is 510 g/mol. The fourth-order valence-corrected chi connectivity index (χ4v) is 4.69. The third-order valence-electron chi connectivity index (χ3n) is 6.14. The number of hydrazine groups is 1. The van der Waals surface area contributed by atoms with Crippen LogP contribution in [0, 0.1) is 11.7 Å². The molecule has 2 aromatic heterocycles. The number of aromatic amines is 1. The number of hydrogen-bond donors (Lipinski definition) is 3. The number of fused-ring (bicyclic) bond motifs is 1. The first-order valence-corrected chi connectivity index (χ1v) is 11.7. The number of hydrogen-bond acceptors (Lipinski definition) is 3. The Balaban J connectivity index is 1.73. The monoisotopic (exact) mass is 529 g/mol. The highest BCUT2D eigenvalue weighted by Gasteiger charge is 2.28. The number of nitrogens with one attached hydrogen (secondary N) is 3. The molecule has 1 aliphatic carbocycles. The fourth-order valence-electron chi connectivity index (χ4n) is 4.52. The molecule has 2 heterocycles. The molecule has 1 unspecified atom stereocenters. The SMILES string of the molecule is CNNC(=O)c1[nH]c2cc(Cl)ccc2c1-c1c(-c2ccc(F)cc2)cnn1CC1C=C(F)C(F)=C(F)C1. The molecule has 1 atom stereocenters. The quantitative estimate of drug-likeness (QED) is 0.200. The maximum Gasteiger partial charge on any atom is 0.282 e. The Morgan fingerprint density at radius 2 is 1.92 bits per heavy atom. The summed E-state index contributed by atoms with van der Waals surface area (Å²) in [5.74, 6) is -5.59. The first-order chi connectivity index (χ1) is 17.8. The van der Waals surface area contributed by atoms with Gasteiger partial charge in [0.15, 0.2) is 11.7 Å². The van der Waals surface area contributed by atoms with E-state index in [1.165, 1.54) is 30.1 Å². The van der Waals surface area contributed by atoms with E-state index in [1.807, 2.05) is 0 Å². The molecule has 0 radical (unpaired) electrons. The zero-order chi connectivity index (χ0) is 26.3. The van der Waals surface area contributed by atoms with Gasteiger partial charge in [-0.3, -0.25) is 14.9 Å². The number of rotatable bonds is 6. The van der Waals surface area contributed by atoms with Crippen molar-refractivity contribution in [2.75, 3.05) is 7.05 Å². The van der Waals surface area contributed by atoms with E-state index in [0.717, 1.165) is 6.08 Å². The molecule has 0 spiro atoms. The van der Waals surface area contributed by atoms with E-state index in [4.69, 9.17) is 11.6 Å². The van der Waals surface area contributed by atoms with Gasteiger partial charge in [-0.05, 0) is 35.9 Å². The van der Waals surface area contributed by atoms with Gasteiger partial charge in [0.2, 0.25) is 0 Å². The van der Waals surface area contributed by atoms with E-state index in [1.54, 1.807) is 30.3 Å². The lowest BCUT2D eigenvalue weighted by Gasteiger charge is -2.19. The summed E-state index contributed by atoms with van der Waals surface area (Å²) in [6.45, 7) is -0.0159. The lowest BCUT2D eigenvalue weighted by molar-refractivity contribution is 0.0934. The van der Waals surface area contributed by atoms with Crippen LogP contribution in [0.1, 0.15) is 16.9 Å². The Morgan fingerprint density at radius 1 is 1.16 bits per heavy atom. The van der Waals surface area contributed by atoms with Gasteiger partial charge >= 0.3 is 0 Å². The average Bonchev–Trinajstić information content (AvgIpc) is 3.43. The van der Waals surface area contributed by atoms with Gasteiger partial charge < -0.3 is 4.98 Å². The van der Waals surface area contributed by atoms with Gasteiger partial charge in [0.1, 0.15) is 17.3 Å². The van der Waals surface area contributed by atoms with Crippen molar-refractivity contribution in [3.05, 3.63) is 88.8 Å². The van der Waals surface area contributed by atoms with Gasteiger partial charge in [-0.15, -0.1) is 0 Å². The van der Waals surface area contributed by atoms with E-state index >= 15 is 0 Å². The molecule has 6 nitrogen and oxygen atoms in total. The first-order valence-electron chi connectivity index (χ1n) is 11.3. The van der Waals surface area contributed by atoms with Crippen molar-refractivity contribution in [1.29, 1.82) is 0 Å². The zero-order valence-corrected chi connectivity index (χ0v) is 20.1. The summed E-state index contributed by atoms with van der Waals surface area (Å²) < 4.78 is 56.9. The van der Waals surface area contributed by atoms with E-state index in [-0.39, 0.29) is 18.7 Å². The van der Waals surface area contributed by atoms with Crippen LogP contribution in [0.4, 0.5) is 17.6 Å². The number of H-pyrrole nitrogens is 1. The van der Waals surface area contributed by atoms with E-state index in [9.17, 15) is 22.4 Å². The Morgan fingerprint density at radius 3 is 2.62 bits per heavy atom. The summed E-state index contributed by atoms with van der Waals surface area (Å²) in [7, 11) is 1.54. The number of benzene rings is 2. The van der Waals surface area contributed by atoms with Crippen LogP contribution in [0.5, 0.6) is 0 Å². The second-order valence-electron chi connectivity index (χ2n) is 8.56. The summed E-state index contributed by atoms with van der Waals surface area (Å²) in [6, 6.07) is 10.8. The van der Waals surface area contributed by atoms with Gasteiger partial charge in [-0.25, -0.2) is 23.0 Å². The van der Waals surface area contributed by atoms with E-state index in [0.29, 0.717) is 38.3 Å². The minimum Gasteiger partial charge on any atom is -0.350 e. The van der Waals surface area contributed by atoms with Gasteiger partial charge in [-0.1, -0.05) is 29.8 Å². The van der Waals surface area contributed by atoms with E-state index in [2.05, 4.69) is 20.9 Å². The Bertz CT molecular complexity index is 1570. The van der Waals surface area contributed by atoms with Crippen LogP contribution in [0.3, 0.4) is 0 Å². The second kappa shape index (κ2) is 9.87. The van der Waals surface area contributed by atoms with Gasteiger partial charge in [0.05, 0.1) is 11.9 Å². The smallest absolute Gasteiger partial charge is 0.282 e. The van der Waals surface area contributed by atoms with Crippen LogP contribution in [-0.4, -0.2) is 27.7 Å². The molecule has 1 aliphatic rings. The predicted molar refractivity (Wildman–Crippen MR) is 133 cm³/mol. The highest BCUT2D eigenvalue weighted by atomic mass is 35.5. The van der Waals surface area contributed by atoms with Crippen LogP contribution < -0.4 is 10.9 Å². The normalized spacial score (nSPS) is 15.8. The molecule has 11 heteroatoms. The number of carbonyl (C=O) groups is 1. The molecule has 5 rings (SSSR count). The Labute approximate surface area is 213 Å². The van der Waals surface area contributed by atoms with Crippen molar-refractivity contribution in [3.8, 4) is 22.4 Å². The molecule has 0 aliphatic heterocycles. The number of allylic oxidation sites excluding steroid dienone is 4. The lowest BCUT2D eigenvalue weighted by atomic mass is 9.96. The zero-order valence-electron chi connectivity index (χ0n) is 19.4. The Hall–Kier alpha value is -3.89. The van der Waals surface area contributed by atoms with Crippen LogP contribution >= 0.6 is 11.6 Å². The third-order valence-corrected chi connectivity index (χ3v) is 6.37. The third kappa shape index (κ3) is 4.65. The number of nitrogens with zero attached hydrogens (tertiary/aromatic N) is 2. The Kier molecular flexibility index (Phi) is 6.61. The average molecular weight is 530 g/mol. The highest BCUT2D eigenvalue weighted by molar-refractivity contribution is 6.31. The van der Waals surface area contributed by atoms with Crippen molar-refractivity contribution in [2.45, 2.75) is 13.0 Å². The summed E-state index contributed by atoms with van der Waals surface area (Å²) >= 11 is 6.19. The van der Waals surface area contributed by atoms with Crippen molar-refractivity contribution in [1.82, 2.24) is 25.6 Å². The molecule has 190 valence electrons. The van der Waals surface area contributed by atoms with Crippen LogP contribution in [0.15, 0.2) is 72.2 Å². The number of aromatic nitrogens is 3. The predicted octanol–water partition coefficient (Wildman–Crippen LogP) is 6.38. The molecule has 0 fully saturated rings. The molecule has 3 N–H and O–H groups in total. The highest BCUT2D eigenvalue weighted by Crippen LogP contribution is 2.41. The summed E-state index contributed by atoms with van der Waals surface area (Å²) in [5, 5.41) is 5.54. The van der Waals surface area contributed by atoms with Gasteiger partial charge in [0, 0.05) is 53.0 Å². The summed E-state index contributed by atoms with van der Waals surface area (Å²) in [4.78, 5) is 16.1. The summed E-state index contributed by atoms with van der Waals surface area (Å²) in [5.41, 5.74) is 7.95. The number of carbonyl (C=O) groups excluding carboxylic acids is 1. The molecule has 4 aromatic rings. The first kappa shape index (κ1) is 24.8. The fraction of sp³-hybridized carbons (Fsp3) is 0.154. The maximum atomic E-state index is 14.0. The summed E-state index contributed by atoms with van der Waals surface area (Å²) in [6.07, 6.45) is 2.21. The molecule has 2 aromatic carbocycles. The van der Waals surface area contributed by atoms with Gasteiger partial charge in [-0.2, -0.15) is 5.10 Å². The number of amides is 1. The van der Waals surface area contributed by atoms with E-state index < -0.39 is 35.1 Å².